The van der Waals surface area contributed by atoms with Crippen molar-refractivity contribution in [3.05, 3.63) is 235 Å². The Morgan fingerprint density at radius 3 is 1.61 bits per heavy atom. The van der Waals surface area contributed by atoms with Crippen LogP contribution >= 0.6 is 11.3 Å². The van der Waals surface area contributed by atoms with Crippen molar-refractivity contribution < 1.29 is 0 Å². The molecule has 0 spiro atoms. The Bertz CT molecular complexity index is 3750. The summed E-state index contributed by atoms with van der Waals surface area (Å²) in [6.07, 6.45) is 0. The maximum atomic E-state index is 2.46. The number of thiophene rings is 1. The quantitative estimate of drug-likeness (QED) is 0.161. The van der Waals surface area contributed by atoms with Crippen molar-refractivity contribution in [1.29, 1.82) is 0 Å². The molecule has 11 aromatic rings. The van der Waals surface area contributed by atoms with Crippen molar-refractivity contribution in [1.82, 2.24) is 0 Å². The SMILES string of the molecule is CC1(C)c2ccccc2-c2ccc(-c3ccc(N(c4ccc(-c5cccc6c5sc5c7ccccc7ccc65)cc4)c4ccccc4-c4cccc5c4C(C)(C)c4ccccc4-5)cc3)cc21. The zero-order valence-electron chi connectivity index (χ0n) is 37.6. The highest BCUT2D eigenvalue weighted by Crippen LogP contribution is 2.55. The van der Waals surface area contributed by atoms with E-state index in [0.29, 0.717) is 0 Å². The van der Waals surface area contributed by atoms with Crippen LogP contribution in [0.25, 0.3) is 86.6 Å². The van der Waals surface area contributed by atoms with Gasteiger partial charge in [0.2, 0.25) is 0 Å². The lowest BCUT2D eigenvalue weighted by atomic mass is 9.78. The van der Waals surface area contributed by atoms with Crippen LogP contribution in [-0.4, -0.2) is 0 Å². The van der Waals surface area contributed by atoms with Gasteiger partial charge in [0.25, 0.3) is 0 Å². The molecule has 10 aromatic carbocycles. The molecule has 1 heterocycles. The van der Waals surface area contributed by atoms with E-state index in [1.807, 2.05) is 11.3 Å². The number of anilines is 3. The molecule has 0 amide bonds. The molecule has 66 heavy (non-hydrogen) atoms. The molecule has 0 saturated carbocycles. The molecule has 314 valence electrons. The molecule has 0 N–H and O–H groups in total. The van der Waals surface area contributed by atoms with Gasteiger partial charge in [0.15, 0.2) is 0 Å². The molecule has 0 bridgehead atoms. The van der Waals surface area contributed by atoms with Crippen molar-refractivity contribution >= 4 is 59.3 Å². The summed E-state index contributed by atoms with van der Waals surface area (Å²) in [6, 6.07) is 79.4. The van der Waals surface area contributed by atoms with Gasteiger partial charge in [-0.1, -0.05) is 204 Å². The van der Waals surface area contributed by atoms with Gasteiger partial charge in [-0.2, -0.15) is 0 Å². The van der Waals surface area contributed by atoms with Crippen LogP contribution in [0.1, 0.15) is 49.9 Å². The molecule has 1 nitrogen and oxygen atoms in total. The van der Waals surface area contributed by atoms with Crippen LogP contribution in [0.15, 0.2) is 212 Å². The third-order valence-corrected chi connectivity index (χ3v) is 16.2. The number of benzene rings is 10. The van der Waals surface area contributed by atoms with Crippen molar-refractivity contribution in [2.24, 2.45) is 0 Å². The molecule has 0 unspecified atom stereocenters. The minimum atomic E-state index is -0.157. The first-order valence-corrected chi connectivity index (χ1v) is 24.0. The van der Waals surface area contributed by atoms with Crippen molar-refractivity contribution in [2.45, 2.75) is 38.5 Å². The molecule has 0 fully saturated rings. The molecule has 2 aliphatic rings. The highest BCUT2D eigenvalue weighted by atomic mass is 32.1. The first-order valence-electron chi connectivity index (χ1n) is 23.2. The molecule has 0 radical (unpaired) electrons. The van der Waals surface area contributed by atoms with Gasteiger partial charge < -0.3 is 4.90 Å². The molecule has 2 heteroatoms. The van der Waals surface area contributed by atoms with Crippen molar-refractivity contribution in [3.8, 4) is 55.6 Å². The van der Waals surface area contributed by atoms with Crippen LogP contribution in [0.3, 0.4) is 0 Å². The fraction of sp³-hybridized carbons (Fsp3) is 0.0938. The van der Waals surface area contributed by atoms with Gasteiger partial charge in [-0.25, -0.2) is 0 Å². The second kappa shape index (κ2) is 14.5. The fourth-order valence-corrected chi connectivity index (χ4v) is 13.0. The minimum absolute atomic E-state index is 0.0566. The summed E-state index contributed by atoms with van der Waals surface area (Å²) in [6.45, 7) is 9.49. The van der Waals surface area contributed by atoms with E-state index in [1.165, 1.54) is 109 Å². The molecule has 0 aliphatic heterocycles. The van der Waals surface area contributed by atoms with Crippen LogP contribution in [0.2, 0.25) is 0 Å². The standard InChI is InChI=1S/C64H47NS/c1-63(2)56-24-10-7-17-48(56)50-37-32-43(39-58(50)63)40-27-33-44(34-28-40)65(59-26-12-9-19-51(59)53-22-14-21-52-49-18-8-11-25-57(49)64(3,4)60(52)53)45-35-29-42(30-36-45)47-20-13-23-54-55-38-31-41-15-5-6-16-46(41)62(55)66-61(47)54/h5-39H,1-4H3. The van der Waals surface area contributed by atoms with Gasteiger partial charge in [-0.05, 0) is 119 Å². The number of hydrogen-bond acceptors (Lipinski definition) is 2. The van der Waals surface area contributed by atoms with E-state index in [1.54, 1.807) is 0 Å². The normalized spacial score (nSPS) is 14.0. The smallest absolute Gasteiger partial charge is 0.0540 e. The van der Waals surface area contributed by atoms with Gasteiger partial charge in [0, 0.05) is 47.9 Å². The topological polar surface area (TPSA) is 3.24 Å². The number of rotatable bonds is 6. The molecule has 2 aliphatic carbocycles. The Labute approximate surface area is 390 Å². The Hall–Kier alpha value is -7.52. The Morgan fingerprint density at radius 2 is 0.848 bits per heavy atom. The maximum Gasteiger partial charge on any atom is 0.0540 e. The fourth-order valence-electron chi connectivity index (χ4n) is 11.6. The summed E-state index contributed by atoms with van der Waals surface area (Å²) in [5, 5.41) is 5.24. The Morgan fingerprint density at radius 1 is 0.333 bits per heavy atom. The van der Waals surface area contributed by atoms with E-state index >= 15 is 0 Å². The van der Waals surface area contributed by atoms with Gasteiger partial charge in [-0.15, -0.1) is 11.3 Å². The first-order chi connectivity index (χ1) is 32.3. The molecular formula is C64H47NS. The van der Waals surface area contributed by atoms with Crippen LogP contribution in [0.5, 0.6) is 0 Å². The highest BCUT2D eigenvalue weighted by Gasteiger charge is 2.38. The lowest BCUT2D eigenvalue weighted by molar-refractivity contribution is 0.660. The van der Waals surface area contributed by atoms with E-state index in [-0.39, 0.29) is 10.8 Å². The summed E-state index contributed by atoms with van der Waals surface area (Å²) in [5.74, 6) is 0. The van der Waals surface area contributed by atoms with Crippen molar-refractivity contribution in [2.75, 3.05) is 4.90 Å². The summed E-state index contributed by atoms with van der Waals surface area (Å²) in [7, 11) is 0. The average Bonchev–Trinajstić information content (AvgIpc) is 3.95. The van der Waals surface area contributed by atoms with E-state index < -0.39 is 0 Å². The lowest BCUT2D eigenvalue weighted by Crippen LogP contribution is -2.17. The van der Waals surface area contributed by atoms with Gasteiger partial charge in [0.1, 0.15) is 0 Å². The third-order valence-electron chi connectivity index (χ3n) is 14.9. The molecule has 1 aromatic heterocycles. The minimum Gasteiger partial charge on any atom is -0.310 e. The second-order valence-electron chi connectivity index (χ2n) is 19.2. The summed E-state index contributed by atoms with van der Waals surface area (Å²) in [5.41, 5.74) is 21.5. The molecule has 0 atom stereocenters. The van der Waals surface area contributed by atoms with E-state index in [4.69, 9.17) is 0 Å². The van der Waals surface area contributed by atoms with Gasteiger partial charge >= 0.3 is 0 Å². The third kappa shape index (κ3) is 5.71. The molecule has 0 saturated heterocycles. The number of hydrogen-bond donors (Lipinski definition) is 0. The monoisotopic (exact) mass is 861 g/mol. The van der Waals surface area contributed by atoms with E-state index in [2.05, 4.69) is 245 Å². The maximum absolute atomic E-state index is 2.46. The van der Waals surface area contributed by atoms with Crippen LogP contribution < -0.4 is 4.90 Å². The molecule has 13 rings (SSSR count). The summed E-state index contributed by atoms with van der Waals surface area (Å²) in [4.78, 5) is 2.46. The largest absolute Gasteiger partial charge is 0.310 e. The van der Waals surface area contributed by atoms with Gasteiger partial charge in [-0.3, -0.25) is 0 Å². The Balaban J connectivity index is 0.948. The highest BCUT2D eigenvalue weighted by molar-refractivity contribution is 7.27. The summed E-state index contributed by atoms with van der Waals surface area (Å²) >= 11 is 1.91. The van der Waals surface area contributed by atoms with Crippen molar-refractivity contribution in [3.63, 3.8) is 0 Å². The number of nitrogens with zero attached hydrogens (tertiary/aromatic N) is 1. The average molecular weight is 862 g/mol. The predicted molar refractivity (Wildman–Crippen MR) is 283 cm³/mol. The van der Waals surface area contributed by atoms with Crippen LogP contribution in [0.4, 0.5) is 17.1 Å². The molecular weight excluding hydrogens is 815 g/mol. The lowest BCUT2D eigenvalue weighted by Gasteiger charge is -2.30. The zero-order valence-corrected chi connectivity index (χ0v) is 38.4. The van der Waals surface area contributed by atoms with Crippen LogP contribution in [-0.2, 0) is 10.8 Å². The van der Waals surface area contributed by atoms with E-state index in [9.17, 15) is 0 Å². The number of fused-ring (bicyclic) bond motifs is 11. The first kappa shape index (κ1) is 38.9. The number of para-hydroxylation sites is 1. The summed E-state index contributed by atoms with van der Waals surface area (Å²) < 4.78 is 2.68. The van der Waals surface area contributed by atoms with Crippen LogP contribution in [0, 0.1) is 0 Å². The second-order valence-corrected chi connectivity index (χ2v) is 20.2. The van der Waals surface area contributed by atoms with Gasteiger partial charge in [0.05, 0.1) is 5.69 Å². The Kier molecular flexibility index (Phi) is 8.54. The predicted octanol–water partition coefficient (Wildman–Crippen LogP) is 18.3. The van der Waals surface area contributed by atoms with E-state index in [0.717, 1.165) is 17.1 Å². The zero-order chi connectivity index (χ0) is 44.3.